The highest BCUT2D eigenvalue weighted by Crippen LogP contribution is 2.63. The zero-order chi connectivity index (χ0) is 39.7. The maximum atomic E-state index is 6.17. The van der Waals surface area contributed by atoms with Gasteiger partial charge in [0.05, 0.1) is 5.41 Å². The molecule has 0 aliphatic heterocycles. The molecule has 0 amide bonds. The van der Waals surface area contributed by atoms with Gasteiger partial charge in [-0.1, -0.05) is 159 Å². The van der Waals surface area contributed by atoms with Crippen molar-refractivity contribution < 1.29 is 4.42 Å². The zero-order valence-corrected chi connectivity index (χ0v) is 33.4. The minimum absolute atomic E-state index is 0.125. The van der Waals surface area contributed by atoms with Crippen LogP contribution < -0.4 is 4.90 Å². The van der Waals surface area contributed by atoms with Crippen molar-refractivity contribution in [3.63, 3.8) is 0 Å². The maximum Gasteiger partial charge on any atom is 0.135 e. The largest absolute Gasteiger partial charge is 0.456 e. The van der Waals surface area contributed by atoms with E-state index in [9.17, 15) is 0 Å². The Bertz CT molecular complexity index is 3370. The van der Waals surface area contributed by atoms with E-state index in [1.165, 1.54) is 77.9 Å². The Kier molecular flexibility index (Phi) is 6.74. The molecule has 10 aromatic rings. The molecule has 0 N–H and O–H groups in total. The number of fused-ring (bicyclic) bond motifs is 16. The minimum atomic E-state index is -0.380. The molecule has 0 saturated heterocycles. The van der Waals surface area contributed by atoms with E-state index >= 15 is 0 Å². The molecule has 2 heteroatoms. The van der Waals surface area contributed by atoms with Crippen LogP contribution in [-0.2, 0) is 10.8 Å². The summed E-state index contributed by atoms with van der Waals surface area (Å²) >= 11 is 0. The lowest BCUT2D eigenvalue weighted by molar-refractivity contribution is 0.660. The smallest absolute Gasteiger partial charge is 0.135 e. The van der Waals surface area contributed by atoms with Gasteiger partial charge in [-0.15, -0.1) is 0 Å². The summed E-state index contributed by atoms with van der Waals surface area (Å²) in [5, 5.41) is 2.28. The second-order valence-electron chi connectivity index (χ2n) is 17.2. The van der Waals surface area contributed by atoms with Gasteiger partial charge in [0.15, 0.2) is 0 Å². The molecule has 0 fully saturated rings. The van der Waals surface area contributed by atoms with Crippen molar-refractivity contribution in [1.82, 2.24) is 0 Å². The van der Waals surface area contributed by atoms with E-state index in [-0.39, 0.29) is 10.8 Å². The van der Waals surface area contributed by atoms with Crippen molar-refractivity contribution in [3.05, 3.63) is 234 Å². The van der Waals surface area contributed by atoms with Crippen LogP contribution in [0.25, 0.3) is 66.4 Å². The van der Waals surface area contributed by atoms with Gasteiger partial charge in [-0.05, 0) is 132 Å². The summed E-state index contributed by atoms with van der Waals surface area (Å²) < 4.78 is 6.17. The van der Waals surface area contributed by atoms with Crippen molar-refractivity contribution in [2.75, 3.05) is 4.90 Å². The van der Waals surface area contributed by atoms with Crippen molar-refractivity contribution in [2.24, 2.45) is 0 Å². The fraction of sp³-hybridized carbons (Fsp3) is 0.0690. The summed E-state index contributed by atoms with van der Waals surface area (Å²) in [5.74, 6) is 0. The average Bonchev–Trinajstić information content (AvgIpc) is 3.99. The highest BCUT2D eigenvalue weighted by molar-refractivity contribution is 6.06. The van der Waals surface area contributed by atoms with E-state index in [1.54, 1.807) is 0 Å². The van der Waals surface area contributed by atoms with Crippen molar-refractivity contribution >= 4 is 39.0 Å². The van der Waals surface area contributed by atoms with Crippen molar-refractivity contribution in [2.45, 2.75) is 24.7 Å². The highest BCUT2D eigenvalue weighted by atomic mass is 16.3. The van der Waals surface area contributed by atoms with Gasteiger partial charge >= 0.3 is 0 Å². The van der Waals surface area contributed by atoms with Gasteiger partial charge in [0.1, 0.15) is 11.2 Å². The fourth-order valence-electron chi connectivity index (χ4n) is 11.2. The van der Waals surface area contributed by atoms with Gasteiger partial charge in [-0.3, -0.25) is 0 Å². The molecule has 2 nitrogen and oxygen atoms in total. The Morgan fingerprint density at radius 2 is 0.817 bits per heavy atom. The first-order valence-electron chi connectivity index (χ1n) is 21.0. The van der Waals surface area contributed by atoms with Crippen LogP contribution in [0.3, 0.4) is 0 Å². The molecule has 0 unspecified atom stereocenters. The van der Waals surface area contributed by atoms with Gasteiger partial charge in [0, 0.05) is 33.2 Å². The molecule has 60 heavy (non-hydrogen) atoms. The Labute approximate surface area is 349 Å². The third-order valence-corrected chi connectivity index (χ3v) is 13.9. The molecule has 0 atom stereocenters. The third kappa shape index (κ3) is 4.38. The lowest BCUT2D eigenvalue weighted by Gasteiger charge is -2.31. The quantitative estimate of drug-likeness (QED) is 0.177. The normalized spacial score (nSPS) is 14.4. The SMILES string of the molecule is CC1(C)c2ccccc2-c2ccc(N(c3ccc(-c4ccc5oc6ccccc6c5c4)cc3)c3ccc4c(c3)-c3ccccc3C43c4ccccc4-c4ccccc43)cc21. The van der Waals surface area contributed by atoms with Crippen molar-refractivity contribution in [1.29, 1.82) is 0 Å². The van der Waals surface area contributed by atoms with E-state index in [4.69, 9.17) is 4.42 Å². The molecule has 13 rings (SSSR count). The first-order chi connectivity index (χ1) is 29.5. The van der Waals surface area contributed by atoms with Crippen LogP contribution in [0.2, 0.25) is 0 Å². The number of hydrogen-bond acceptors (Lipinski definition) is 2. The highest BCUT2D eigenvalue weighted by Gasteiger charge is 2.51. The predicted octanol–water partition coefficient (Wildman–Crippen LogP) is 15.4. The van der Waals surface area contributed by atoms with Gasteiger partial charge in [-0.25, -0.2) is 0 Å². The lowest BCUT2D eigenvalue weighted by atomic mass is 9.70. The summed E-state index contributed by atoms with van der Waals surface area (Å²) in [7, 11) is 0. The third-order valence-electron chi connectivity index (χ3n) is 13.9. The summed E-state index contributed by atoms with van der Waals surface area (Å²) in [5.41, 5.74) is 23.1. The molecule has 1 spiro atoms. The Morgan fingerprint density at radius 3 is 1.52 bits per heavy atom. The van der Waals surface area contributed by atoms with E-state index in [2.05, 4.69) is 207 Å². The average molecular weight is 766 g/mol. The molecular weight excluding hydrogens is 727 g/mol. The lowest BCUT2D eigenvalue weighted by Crippen LogP contribution is -2.25. The van der Waals surface area contributed by atoms with Crippen LogP contribution in [0, 0.1) is 0 Å². The topological polar surface area (TPSA) is 16.4 Å². The number of rotatable bonds is 4. The molecule has 1 aromatic heterocycles. The van der Waals surface area contributed by atoms with Gasteiger partial charge in [-0.2, -0.15) is 0 Å². The number of benzene rings is 9. The molecule has 0 radical (unpaired) electrons. The minimum Gasteiger partial charge on any atom is -0.456 e. The van der Waals surface area contributed by atoms with Crippen LogP contribution in [-0.4, -0.2) is 0 Å². The molecule has 1 heterocycles. The molecule has 3 aliphatic carbocycles. The molecule has 282 valence electrons. The molecule has 3 aliphatic rings. The maximum absolute atomic E-state index is 6.17. The van der Waals surface area contributed by atoms with Crippen LogP contribution in [0.5, 0.6) is 0 Å². The summed E-state index contributed by atoms with van der Waals surface area (Å²) in [6.07, 6.45) is 0. The monoisotopic (exact) mass is 765 g/mol. The van der Waals surface area contributed by atoms with E-state index < -0.39 is 0 Å². The summed E-state index contributed by atoms with van der Waals surface area (Å²) in [4.78, 5) is 2.46. The van der Waals surface area contributed by atoms with Crippen LogP contribution in [0.4, 0.5) is 17.1 Å². The predicted molar refractivity (Wildman–Crippen MR) is 248 cm³/mol. The second-order valence-corrected chi connectivity index (χ2v) is 17.2. The van der Waals surface area contributed by atoms with Crippen LogP contribution in [0.15, 0.2) is 205 Å². The Hall–Kier alpha value is -7.42. The van der Waals surface area contributed by atoms with Gasteiger partial charge in [0.2, 0.25) is 0 Å². The first kappa shape index (κ1) is 33.5. The summed E-state index contributed by atoms with van der Waals surface area (Å²) in [6.45, 7) is 4.73. The van der Waals surface area contributed by atoms with Crippen molar-refractivity contribution in [3.8, 4) is 44.5 Å². The number of hydrogen-bond donors (Lipinski definition) is 0. The number of para-hydroxylation sites is 1. The number of furan rings is 1. The van der Waals surface area contributed by atoms with Crippen LogP contribution >= 0.6 is 0 Å². The summed E-state index contributed by atoms with van der Waals surface area (Å²) in [6, 6.07) is 74.3. The first-order valence-corrected chi connectivity index (χ1v) is 21.0. The van der Waals surface area contributed by atoms with Gasteiger partial charge < -0.3 is 9.32 Å². The number of nitrogens with zero attached hydrogens (tertiary/aromatic N) is 1. The number of anilines is 3. The zero-order valence-electron chi connectivity index (χ0n) is 33.4. The van der Waals surface area contributed by atoms with Gasteiger partial charge in [0.25, 0.3) is 0 Å². The van der Waals surface area contributed by atoms with E-state index in [0.717, 1.165) is 39.0 Å². The van der Waals surface area contributed by atoms with Crippen LogP contribution in [0.1, 0.15) is 47.2 Å². The molecule has 9 aromatic carbocycles. The Balaban J connectivity index is 0.998. The molecule has 0 saturated carbocycles. The van der Waals surface area contributed by atoms with E-state index in [1.807, 2.05) is 12.1 Å². The standard InChI is InChI=1S/C58H39NO/c1-57(2)49-18-8-3-13-41(49)45-30-28-40(35-54(45)57)59(38-26-23-36(24-27-38)37-25-32-56-48(33-37)46-17-7-12-22-55(46)60-56)39-29-31-53-47(34-39)44-16-6-11-21-52(44)58(53)50-19-9-4-14-42(50)43-15-5-10-20-51(43)58/h3-35H,1-2H3. The fourth-order valence-corrected chi connectivity index (χ4v) is 11.2. The van der Waals surface area contributed by atoms with E-state index in [0.29, 0.717) is 0 Å². The second kappa shape index (κ2) is 12.1. The Morgan fingerprint density at radius 1 is 0.333 bits per heavy atom. The molecule has 0 bridgehead atoms. The molecular formula is C58H39NO.